The third-order valence-corrected chi connectivity index (χ3v) is 5.75. The molecule has 4 atom stereocenters. The van der Waals surface area contributed by atoms with Gasteiger partial charge in [0.1, 0.15) is 24.4 Å². The quantitative estimate of drug-likeness (QED) is 0.369. The first-order valence-electron chi connectivity index (χ1n) is 11.1. The van der Waals surface area contributed by atoms with E-state index in [0.29, 0.717) is 22.8 Å². The summed E-state index contributed by atoms with van der Waals surface area (Å²) in [7, 11) is 3.13. The van der Waals surface area contributed by atoms with Gasteiger partial charge in [-0.15, -0.1) is 0 Å². The van der Waals surface area contributed by atoms with Crippen molar-refractivity contribution in [3.8, 4) is 11.4 Å². The van der Waals surface area contributed by atoms with Gasteiger partial charge in [-0.2, -0.15) is 0 Å². The lowest BCUT2D eigenvalue weighted by molar-refractivity contribution is -0.0171. The molecule has 6 heteroatoms. The van der Waals surface area contributed by atoms with Crippen molar-refractivity contribution in [1.29, 1.82) is 0 Å². The fourth-order valence-electron chi connectivity index (χ4n) is 4.01. The van der Waals surface area contributed by atoms with Gasteiger partial charge >= 0.3 is 0 Å². The molecule has 174 valence electrons. The van der Waals surface area contributed by atoms with Gasteiger partial charge < -0.3 is 19.7 Å². The van der Waals surface area contributed by atoms with E-state index < -0.39 is 24.4 Å². The highest BCUT2D eigenvalue weighted by molar-refractivity contribution is 5.54. The highest BCUT2D eigenvalue weighted by Crippen LogP contribution is 2.33. The first-order chi connectivity index (χ1) is 16.6. The molecule has 34 heavy (non-hydrogen) atoms. The van der Waals surface area contributed by atoms with Crippen LogP contribution in [0.25, 0.3) is 11.4 Å². The van der Waals surface area contributed by atoms with Crippen LogP contribution < -0.4 is 0 Å². The number of pyridine rings is 2. The molecule has 0 saturated heterocycles. The van der Waals surface area contributed by atoms with Crippen LogP contribution in [0.2, 0.25) is 0 Å². The van der Waals surface area contributed by atoms with E-state index in [-0.39, 0.29) is 0 Å². The molecule has 0 bridgehead atoms. The number of aliphatic hydroxyl groups excluding tert-OH is 2. The highest BCUT2D eigenvalue weighted by Gasteiger charge is 2.25. The van der Waals surface area contributed by atoms with Crippen molar-refractivity contribution >= 4 is 0 Å². The topological polar surface area (TPSA) is 84.7 Å². The monoisotopic (exact) mass is 456 g/mol. The van der Waals surface area contributed by atoms with Crippen LogP contribution in [0.5, 0.6) is 0 Å². The summed E-state index contributed by atoms with van der Waals surface area (Å²) in [5, 5.41) is 22.0. The second kappa shape index (κ2) is 11.1. The lowest BCUT2D eigenvalue weighted by Crippen LogP contribution is -2.15. The summed E-state index contributed by atoms with van der Waals surface area (Å²) in [6.07, 6.45) is -3.04. The third kappa shape index (κ3) is 5.21. The highest BCUT2D eigenvalue weighted by atomic mass is 16.5. The van der Waals surface area contributed by atoms with E-state index in [9.17, 15) is 10.2 Å². The number of hydrogen-bond acceptors (Lipinski definition) is 6. The van der Waals surface area contributed by atoms with Crippen LogP contribution in [0.15, 0.2) is 97.1 Å². The molecule has 2 aromatic heterocycles. The number of hydrogen-bond donors (Lipinski definition) is 2. The Morgan fingerprint density at radius 1 is 0.529 bits per heavy atom. The molecule has 0 unspecified atom stereocenters. The molecular formula is C28H28N2O4. The van der Waals surface area contributed by atoms with Gasteiger partial charge in [0.25, 0.3) is 0 Å². The van der Waals surface area contributed by atoms with Crippen molar-refractivity contribution < 1.29 is 19.7 Å². The average molecular weight is 457 g/mol. The Hall–Kier alpha value is -3.42. The number of ether oxygens (including phenoxy) is 2. The summed E-state index contributed by atoms with van der Waals surface area (Å²) < 4.78 is 11.2. The first kappa shape index (κ1) is 23.7. The van der Waals surface area contributed by atoms with Gasteiger partial charge in [0, 0.05) is 14.2 Å². The van der Waals surface area contributed by atoms with Crippen LogP contribution in [0.3, 0.4) is 0 Å². The fourth-order valence-corrected chi connectivity index (χ4v) is 4.01. The van der Waals surface area contributed by atoms with Crippen molar-refractivity contribution in [3.05, 3.63) is 120 Å². The van der Waals surface area contributed by atoms with Crippen molar-refractivity contribution in [1.82, 2.24) is 9.97 Å². The lowest BCUT2D eigenvalue weighted by atomic mass is 10.0. The van der Waals surface area contributed by atoms with Crippen LogP contribution in [-0.2, 0) is 9.47 Å². The maximum atomic E-state index is 11.0. The number of rotatable bonds is 9. The number of aliphatic hydroxyl groups is 2. The second-order valence-corrected chi connectivity index (χ2v) is 7.92. The Morgan fingerprint density at radius 2 is 0.912 bits per heavy atom. The molecular weight excluding hydrogens is 428 g/mol. The predicted octanol–water partition coefficient (Wildman–Crippen LogP) is 4.99. The molecule has 0 radical (unpaired) electrons. The van der Waals surface area contributed by atoms with Crippen LogP contribution in [0, 0.1) is 0 Å². The minimum atomic E-state index is -0.961. The Bertz CT molecular complexity index is 1090. The largest absolute Gasteiger partial charge is 0.384 e. The summed E-state index contributed by atoms with van der Waals surface area (Å²) in [5.41, 5.74) is 3.84. The summed E-state index contributed by atoms with van der Waals surface area (Å²) >= 11 is 0. The molecule has 0 saturated carbocycles. The fraction of sp³-hybridized carbons (Fsp3) is 0.214. The minimum absolute atomic E-state index is 0.472. The predicted molar refractivity (Wildman–Crippen MR) is 130 cm³/mol. The SMILES string of the molecule is CO[C@@H](c1ccccc1)[C@@H](O)c1cccc(-c2cccc([C@H](O)[C@@H](OC)c3ccccc3)n2)n1. The zero-order chi connectivity index (χ0) is 23.9. The molecule has 2 aromatic carbocycles. The number of aromatic nitrogens is 2. The molecule has 2 heterocycles. The van der Waals surface area contributed by atoms with Gasteiger partial charge in [0.15, 0.2) is 0 Å². The Balaban J connectivity index is 1.61. The molecule has 6 nitrogen and oxygen atoms in total. The van der Waals surface area contributed by atoms with E-state index in [1.807, 2.05) is 84.9 Å². The molecule has 0 aliphatic heterocycles. The lowest BCUT2D eigenvalue weighted by Gasteiger charge is -2.23. The zero-order valence-corrected chi connectivity index (χ0v) is 19.2. The maximum absolute atomic E-state index is 11.0. The van der Waals surface area contributed by atoms with Crippen molar-refractivity contribution in [2.24, 2.45) is 0 Å². The molecule has 0 aliphatic rings. The van der Waals surface area contributed by atoms with Gasteiger partial charge in [-0.25, -0.2) is 9.97 Å². The normalized spacial score (nSPS) is 14.8. The molecule has 0 aliphatic carbocycles. The van der Waals surface area contributed by atoms with E-state index in [1.54, 1.807) is 26.4 Å². The Morgan fingerprint density at radius 3 is 1.26 bits per heavy atom. The summed E-state index contributed by atoms with van der Waals surface area (Å²) in [4.78, 5) is 9.31. The van der Waals surface area contributed by atoms with Crippen LogP contribution in [-0.4, -0.2) is 34.4 Å². The Kier molecular flexibility index (Phi) is 7.77. The van der Waals surface area contributed by atoms with Gasteiger partial charge in [0.2, 0.25) is 0 Å². The van der Waals surface area contributed by atoms with Crippen LogP contribution >= 0.6 is 0 Å². The van der Waals surface area contributed by atoms with Crippen molar-refractivity contribution in [2.45, 2.75) is 24.4 Å². The van der Waals surface area contributed by atoms with E-state index in [2.05, 4.69) is 9.97 Å². The molecule has 2 N–H and O–H groups in total. The number of methoxy groups -OCH3 is 2. The van der Waals surface area contributed by atoms with E-state index in [1.165, 1.54) is 0 Å². The summed E-state index contributed by atoms with van der Waals surface area (Å²) in [5.74, 6) is 0. The average Bonchev–Trinajstić information content (AvgIpc) is 2.91. The summed E-state index contributed by atoms with van der Waals surface area (Å²) in [6, 6.07) is 29.9. The van der Waals surface area contributed by atoms with Crippen molar-refractivity contribution in [2.75, 3.05) is 14.2 Å². The maximum Gasteiger partial charge on any atom is 0.126 e. The van der Waals surface area contributed by atoms with Crippen molar-refractivity contribution in [3.63, 3.8) is 0 Å². The minimum Gasteiger partial charge on any atom is -0.384 e. The smallest absolute Gasteiger partial charge is 0.126 e. The van der Waals surface area contributed by atoms with Gasteiger partial charge in [-0.05, 0) is 35.4 Å². The third-order valence-electron chi connectivity index (χ3n) is 5.75. The molecule has 0 spiro atoms. The first-order valence-corrected chi connectivity index (χ1v) is 11.1. The summed E-state index contributed by atoms with van der Waals surface area (Å²) in [6.45, 7) is 0. The van der Waals surface area contributed by atoms with E-state index >= 15 is 0 Å². The molecule has 4 rings (SSSR count). The van der Waals surface area contributed by atoms with Gasteiger partial charge in [0.05, 0.1) is 22.8 Å². The molecule has 0 fully saturated rings. The van der Waals surface area contributed by atoms with Crippen LogP contribution in [0.4, 0.5) is 0 Å². The molecule has 4 aromatic rings. The van der Waals surface area contributed by atoms with E-state index in [0.717, 1.165) is 11.1 Å². The Labute approximate surface area is 199 Å². The van der Waals surface area contributed by atoms with Gasteiger partial charge in [-0.1, -0.05) is 72.8 Å². The van der Waals surface area contributed by atoms with Crippen LogP contribution in [0.1, 0.15) is 46.9 Å². The van der Waals surface area contributed by atoms with Gasteiger partial charge in [-0.3, -0.25) is 0 Å². The van der Waals surface area contributed by atoms with E-state index in [4.69, 9.17) is 9.47 Å². The number of benzene rings is 2. The standard InChI is InChI=1S/C28H28N2O4/c1-33-27(19-11-5-3-6-12-19)25(31)23-17-9-15-21(29-23)22-16-10-18-24(30-22)26(32)28(34-2)20-13-7-4-8-14-20/h3-18,25-28,31-32H,1-2H3/t25-,26-,27-,28-/m0/s1. The zero-order valence-electron chi connectivity index (χ0n) is 19.2. The molecule has 0 amide bonds. The second-order valence-electron chi connectivity index (χ2n) is 7.92. The number of nitrogens with zero attached hydrogens (tertiary/aromatic N) is 2.